The first-order chi connectivity index (χ1) is 13.1. The van der Waals surface area contributed by atoms with Crippen molar-refractivity contribution in [3.63, 3.8) is 0 Å². The number of allylic oxidation sites excluding steroid dienone is 1. The van der Waals surface area contributed by atoms with E-state index < -0.39 is 11.8 Å². The lowest BCUT2D eigenvalue weighted by molar-refractivity contribution is -0.136. The van der Waals surface area contributed by atoms with E-state index in [1.165, 1.54) is 18.5 Å². The maximum Gasteiger partial charge on any atom is 0.303 e. The number of nitrogens with one attached hydrogen (secondary N) is 1. The molecule has 3 rings (SSSR count). The van der Waals surface area contributed by atoms with E-state index in [1.54, 1.807) is 18.3 Å². The zero-order chi connectivity index (χ0) is 19.2. The zero-order valence-electron chi connectivity index (χ0n) is 14.2. The third-order valence-electron chi connectivity index (χ3n) is 3.93. The molecule has 0 amide bonds. The SMILES string of the molecule is N#Cc1ccc(-c2cccc3ncnc(N/C=C/CCC(=O)O)c23)cc1F. The van der Waals surface area contributed by atoms with Crippen molar-refractivity contribution in [2.24, 2.45) is 0 Å². The number of anilines is 1. The molecule has 27 heavy (non-hydrogen) atoms. The fourth-order valence-corrected chi connectivity index (χ4v) is 2.66. The van der Waals surface area contributed by atoms with E-state index in [2.05, 4.69) is 15.3 Å². The van der Waals surface area contributed by atoms with Crippen molar-refractivity contribution in [3.8, 4) is 17.2 Å². The van der Waals surface area contributed by atoms with Gasteiger partial charge in [-0.3, -0.25) is 4.79 Å². The second kappa shape index (κ2) is 8.06. The highest BCUT2D eigenvalue weighted by molar-refractivity contribution is 6.01. The Kier molecular flexibility index (Phi) is 5.38. The summed E-state index contributed by atoms with van der Waals surface area (Å²) in [5.74, 6) is -0.934. The van der Waals surface area contributed by atoms with Crippen LogP contribution < -0.4 is 5.32 Å². The van der Waals surface area contributed by atoms with Gasteiger partial charge in [-0.1, -0.05) is 24.3 Å². The maximum atomic E-state index is 14.1. The Morgan fingerprint density at radius 1 is 1.30 bits per heavy atom. The fraction of sp³-hybridized carbons (Fsp3) is 0.100. The summed E-state index contributed by atoms with van der Waals surface area (Å²) < 4.78 is 14.1. The Labute approximate surface area is 154 Å². The smallest absolute Gasteiger partial charge is 0.303 e. The number of nitriles is 1. The van der Waals surface area contributed by atoms with Gasteiger partial charge in [0.2, 0.25) is 0 Å². The van der Waals surface area contributed by atoms with Crippen molar-refractivity contribution in [3.05, 3.63) is 66.4 Å². The summed E-state index contributed by atoms with van der Waals surface area (Å²) in [5.41, 5.74) is 1.98. The number of halogens is 1. The van der Waals surface area contributed by atoms with Gasteiger partial charge in [-0.2, -0.15) is 5.26 Å². The minimum absolute atomic E-state index is 0.0186. The molecule has 0 aliphatic carbocycles. The van der Waals surface area contributed by atoms with Gasteiger partial charge < -0.3 is 10.4 Å². The summed E-state index contributed by atoms with van der Waals surface area (Å²) in [4.78, 5) is 19.1. The van der Waals surface area contributed by atoms with E-state index in [-0.39, 0.29) is 12.0 Å². The number of benzene rings is 2. The molecule has 0 unspecified atom stereocenters. The Morgan fingerprint density at radius 3 is 2.89 bits per heavy atom. The molecule has 134 valence electrons. The van der Waals surface area contributed by atoms with E-state index >= 15 is 0 Å². The number of carbonyl (C=O) groups is 1. The van der Waals surface area contributed by atoms with Crippen LogP contribution in [0.15, 0.2) is 55.0 Å². The van der Waals surface area contributed by atoms with Crippen molar-refractivity contribution in [1.82, 2.24) is 9.97 Å². The van der Waals surface area contributed by atoms with Gasteiger partial charge in [0.1, 0.15) is 24.0 Å². The number of fused-ring (bicyclic) bond motifs is 1. The van der Waals surface area contributed by atoms with Crippen LogP contribution in [0.2, 0.25) is 0 Å². The minimum Gasteiger partial charge on any atom is -0.481 e. The Bertz CT molecular complexity index is 1070. The van der Waals surface area contributed by atoms with Gasteiger partial charge in [0, 0.05) is 6.42 Å². The van der Waals surface area contributed by atoms with Gasteiger partial charge in [0.05, 0.1) is 16.5 Å². The molecule has 6 nitrogen and oxygen atoms in total. The number of carboxylic acids is 1. The second-order valence-electron chi connectivity index (χ2n) is 5.71. The van der Waals surface area contributed by atoms with E-state index in [9.17, 15) is 9.18 Å². The molecule has 0 spiro atoms. The zero-order valence-corrected chi connectivity index (χ0v) is 14.2. The molecule has 0 saturated heterocycles. The lowest BCUT2D eigenvalue weighted by atomic mass is 9.99. The number of aliphatic carboxylic acids is 1. The molecule has 1 heterocycles. The van der Waals surface area contributed by atoms with Crippen LogP contribution in [0.25, 0.3) is 22.0 Å². The van der Waals surface area contributed by atoms with Gasteiger partial charge in [0.25, 0.3) is 0 Å². The lowest BCUT2D eigenvalue weighted by Gasteiger charge is -2.11. The van der Waals surface area contributed by atoms with E-state index in [1.807, 2.05) is 24.3 Å². The van der Waals surface area contributed by atoms with Crippen LogP contribution in [-0.2, 0) is 4.79 Å². The summed E-state index contributed by atoms with van der Waals surface area (Å²) >= 11 is 0. The summed E-state index contributed by atoms with van der Waals surface area (Å²) in [5, 5.41) is 21.3. The first-order valence-corrected chi connectivity index (χ1v) is 8.17. The third-order valence-corrected chi connectivity index (χ3v) is 3.93. The highest BCUT2D eigenvalue weighted by Crippen LogP contribution is 2.32. The van der Waals surface area contributed by atoms with Gasteiger partial charge in [-0.25, -0.2) is 14.4 Å². The highest BCUT2D eigenvalue weighted by Gasteiger charge is 2.12. The molecule has 0 saturated carbocycles. The molecule has 0 atom stereocenters. The number of hydrogen-bond acceptors (Lipinski definition) is 5. The topological polar surface area (TPSA) is 98.9 Å². The molecular formula is C20H15FN4O2. The molecule has 0 fully saturated rings. The molecule has 0 aliphatic heterocycles. The van der Waals surface area contributed by atoms with Gasteiger partial charge >= 0.3 is 5.97 Å². The molecule has 0 bridgehead atoms. The fourth-order valence-electron chi connectivity index (χ4n) is 2.66. The van der Waals surface area contributed by atoms with Crippen molar-refractivity contribution in [2.75, 3.05) is 5.32 Å². The largest absolute Gasteiger partial charge is 0.481 e. The number of carboxylic acid groups (broad SMARTS) is 1. The van der Waals surface area contributed by atoms with Crippen LogP contribution in [0.3, 0.4) is 0 Å². The summed E-state index contributed by atoms with van der Waals surface area (Å²) in [6, 6.07) is 11.7. The van der Waals surface area contributed by atoms with Gasteiger partial charge in [-0.15, -0.1) is 0 Å². The summed E-state index contributed by atoms with van der Waals surface area (Å²) in [7, 11) is 0. The summed E-state index contributed by atoms with van der Waals surface area (Å²) in [6.07, 6.45) is 5.17. The van der Waals surface area contributed by atoms with Crippen LogP contribution in [0.1, 0.15) is 18.4 Å². The standard InChI is InChI=1S/C20H15FN4O2/c21-16-10-13(7-8-14(16)11-22)15-4-3-5-17-19(15)20(25-12-24-17)23-9-2-1-6-18(26)27/h2-5,7-10,12H,1,6H2,(H,26,27)(H,23,24,25)/b9-2+. The van der Waals surface area contributed by atoms with Crippen LogP contribution in [0.4, 0.5) is 10.2 Å². The summed E-state index contributed by atoms with van der Waals surface area (Å²) in [6.45, 7) is 0. The number of rotatable bonds is 6. The van der Waals surface area contributed by atoms with Gasteiger partial charge in [-0.05, 0) is 41.9 Å². The highest BCUT2D eigenvalue weighted by atomic mass is 19.1. The lowest BCUT2D eigenvalue weighted by Crippen LogP contribution is -1.97. The van der Waals surface area contributed by atoms with Crippen molar-refractivity contribution >= 4 is 22.7 Å². The van der Waals surface area contributed by atoms with E-state index in [4.69, 9.17) is 10.4 Å². The monoisotopic (exact) mass is 362 g/mol. The number of aromatic nitrogens is 2. The predicted octanol–water partition coefficient (Wildman–Crippen LogP) is 4.10. The van der Waals surface area contributed by atoms with E-state index in [0.717, 1.165) is 5.56 Å². The Balaban J connectivity index is 2.00. The van der Waals surface area contributed by atoms with Crippen molar-refractivity contribution in [1.29, 1.82) is 5.26 Å². The first kappa shape index (κ1) is 18.0. The quantitative estimate of drug-likeness (QED) is 0.685. The molecule has 1 aromatic heterocycles. The molecule has 2 aromatic carbocycles. The first-order valence-electron chi connectivity index (χ1n) is 8.17. The third kappa shape index (κ3) is 4.07. The second-order valence-corrected chi connectivity index (χ2v) is 5.71. The Hall–Kier alpha value is -3.79. The molecule has 3 aromatic rings. The average Bonchev–Trinajstić information content (AvgIpc) is 2.67. The molecular weight excluding hydrogens is 347 g/mol. The molecule has 0 aliphatic rings. The number of hydrogen-bond donors (Lipinski definition) is 2. The number of nitrogens with zero attached hydrogens (tertiary/aromatic N) is 3. The van der Waals surface area contributed by atoms with Crippen LogP contribution in [0.5, 0.6) is 0 Å². The van der Waals surface area contributed by atoms with Crippen LogP contribution >= 0.6 is 0 Å². The molecule has 2 N–H and O–H groups in total. The van der Waals surface area contributed by atoms with E-state index in [0.29, 0.717) is 28.7 Å². The predicted molar refractivity (Wildman–Crippen MR) is 99.3 cm³/mol. The average molecular weight is 362 g/mol. The normalized spacial score (nSPS) is 10.8. The minimum atomic E-state index is -0.864. The van der Waals surface area contributed by atoms with Gasteiger partial charge in [0.15, 0.2) is 0 Å². The molecule has 0 radical (unpaired) electrons. The van der Waals surface area contributed by atoms with Crippen LogP contribution in [0, 0.1) is 17.1 Å². The maximum absolute atomic E-state index is 14.1. The van der Waals surface area contributed by atoms with Crippen LogP contribution in [-0.4, -0.2) is 21.0 Å². The Morgan fingerprint density at radius 2 is 2.15 bits per heavy atom. The van der Waals surface area contributed by atoms with Crippen molar-refractivity contribution < 1.29 is 14.3 Å². The van der Waals surface area contributed by atoms with Crippen molar-refractivity contribution in [2.45, 2.75) is 12.8 Å². The molecule has 7 heteroatoms.